The first kappa shape index (κ1) is 14.7. The van der Waals surface area contributed by atoms with Gasteiger partial charge in [0, 0.05) is 12.2 Å². The maximum Gasteiger partial charge on any atom is 0.240 e. The summed E-state index contributed by atoms with van der Waals surface area (Å²) in [6, 6.07) is 4.71. The number of nitrogens with one attached hydrogen (secondary N) is 2. The lowest BCUT2D eigenvalue weighted by Gasteiger charge is -2.08. The second-order valence-corrected chi connectivity index (χ2v) is 6.48. The zero-order valence-corrected chi connectivity index (χ0v) is 12.3. The maximum atomic E-state index is 12.1. The van der Waals surface area contributed by atoms with Crippen LogP contribution < -0.4 is 10.0 Å². The van der Waals surface area contributed by atoms with E-state index in [0.717, 1.165) is 5.56 Å². The van der Waals surface area contributed by atoms with Gasteiger partial charge in [0.15, 0.2) is 0 Å². The van der Waals surface area contributed by atoms with E-state index in [2.05, 4.69) is 10.0 Å². The molecule has 1 aromatic rings. The van der Waals surface area contributed by atoms with Gasteiger partial charge >= 0.3 is 0 Å². The highest BCUT2D eigenvalue weighted by molar-refractivity contribution is 7.89. The zero-order chi connectivity index (χ0) is 14.8. The molecule has 1 atom stereocenters. The number of anilines is 1. The number of sulfonamides is 1. The van der Waals surface area contributed by atoms with E-state index >= 15 is 0 Å². The van der Waals surface area contributed by atoms with E-state index < -0.39 is 10.0 Å². The summed E-state index contributed by atoms with van der Waals surface area (Å²) < 4.78 is 26.8. The van der Waals surface area contributed by atoms with E-state index in [1.807, 2.05) is 19.1 Å². The van der Waals surface area contributed by atoms with Gasteiger partial charge in [-0.15, -0.1) is 0 Å². The van der Waals surface area contributed by atoms with E-state index in [4.69, 9.17) is 0 Å². The summed E-state index contributed by atoms with van der Waals surface area (Å²) in [5.41, 5.74) is 1.42. The second-order valence-electron chi connectivity index (χ2n) is 4.72. The Morgan fingerprint density at radius 2 is 2.15 bits per heavy atom. The Bertz CT molecular complexity index is 650. The summed E-state index contributed by atoms with van der Waals surface area (Å²) >= 11 is 0. The lowest BCUT2D eigenvalue weighted by molar-refractivity contribution is -0.116. The van der Waals surface area contributed by atoms with Crippen LogP contribution in [0, 0.1) is 0 Å². The summed E-state index contributed by atoms with van der Waals surface area (Å²) in [5.74, 6) is -0.418. The average molecular weight is 294 g/mol. The van der Waals surface area contributed by atoms with Gasteiger partial charge in [-0.2, -0.15) is 0 Å². The predicted octanol–water partition coefficient (Wildman–Crippen LogP) is 1.99. The third-order valence-electron chi connectivity index (χ3n) is 3.29. The molecule has 0 saturated heterocycles. The molecule has 2 N–H and O–H groups in total. The van der Waals surface area contributed by atoms with Crippen molar-refractivity contribution in [2.45, 2.75) is 31.1 Å². The monoisotopic (exact) mass is 294 g/mol. The molecule has 1 aliphatic heterocycles. The van der Waals surface area contributed by atoms with Gasteiger partial charge in [-0.05, 0) is 44.0 Å². The standard InChI is InChI=1S/C14H18N2O3S/c1-3-4-5-8-15-20(18,19)11-6-7-13-12(9-11)10(2)14(17)16-13/h3-4,6-7,9-10,15H,5,8H2,1-2H3,(H,16,17)/b4-3+. The van der Waals surface area contributed by atoms with Gasteiger partial charge in [-0.3, -0.25) is 4.79 Å². The van der Waals surface area contributed by atoms with Gasteiger partial charge in [0.1, 0.15) is 0 Å². The maximum absolute atomic E-state index is 12.1. The van der Waals surface area contributed by atoms with Crippen LogP contribution in [0.1, 0.15) is 31.7 Å². The number of allylic oxidation sites excluding steroid dienone is 1. The molecule has 5 nitrogen and oxygen atoms in total. The van der Waals surface area contributed by atoms with Crippen molar-refractivity contribution in [2.75, 3.05) is 11.9 Å². The lowest BCUT2D eigenvalue weighted by atomic mass is 10.0. The Kier molecular flexibility index (Phi) is 4.25. The molecular weight excluding hydrogens is 276 g/mol. The summed E-state index contributed by atoms with van der Waals surface area (Å²) in [6.07, 6.45) is 4.43. The van der Waals surface area contributed by atoms with Gasteiger partial charge in [-0.25, -0.2) is 13.1 Å². The van der Waals surface area contributed by atoms with Crippen LogP contribution in [-0.2, 0) is 14.8 Å². The van der Waals surface area contributed by atoms with E-state index in [-0.39, 0.29) is 16.7 Å². The molecule has 1 heterocycles. The van der Waals surface area contributed by atoms with Crippen LogP contribution in [0.2, 0.25) is 0 Å². The van der Waals surface area contributed by atoms with Crippen LogP contribution in [0.4, 0.5) is 5.69 Å². The summed E-state index contributed by atoms with van der Waals surface area (Å²) in [5, 5.41) is 2.72. The minimum absolute atomic E-state index is 0.101. The molecule has 20 heavy (non-hydrogen) atoms. The van der Waals surface area contributed by atoms with Crippen LogP contribution in [0.3, 0.4) is 0 Å². The van der Waals surface area contributed by atoms with Crippen LogP contribution in [-0.4, -0.2) is 20.9 Å². The first-order valence-corrected chi connectivity index (χ1v) is 7.99. The van der Waals surface area contributed by atoms with Gasteiger partial charge in [-0.1, -0.05) is 12.2 Å². The van der Waals surface area contributed by atoms with E-state index in [1.165, 1.54) is 6.07 Å². The Hall–Kier alpha value is -1.66. The van der Waals surface area contributed by atoms with E-state index in [1.54, 1.807) is 19.1 Å². The molecule has 0 fully saturated rings. The van der Waals surface area contributed by atoms with E-state index in [9.17, 15) is 13.2 Å². The highest BCUT2D eigenvalue weighted by atomic mass is 32.2. The van der Waals surface area contributed by atoms with Crippen molar-refractivity contribution < 1.29 is 13.2 Å². The normalized spacial score (nSPS) is 18.3. The van der Waals surface area contributed by atoms with Gasteiger partial charge in [0.2, 0.25) is 15.9 Å². The molecule has 0 saturated carbocycles. The van der Waals surface area contributed by atoms with Crippen molar-refractivity contribution in [3.8, 4) is 0 Å². The summed E-state index contributed by atoms with van der Waals surface area (Å²) in [6.45, 7) is 4.01. The first-order valence-electron chi connectivity index (χ1n) is 6.51. The molecule has 2 rings (SSSR count). The van der Waals surface area contributed by atoms with Crippen LogP contribution in [0.5, 0.6) is 0 Å². The zero-order valence-electron chi connectivity index (χ0n) is 11.5. The van der Waals surface area contributed by atoms with Crippen molar-refractivity contribution >= 4 is 21.6 Å². The number of carbonyl (C=O) groups is 1. The molecule has 0 bridgehead atoms. The van der Waals surface area contributed by atoms with Crippen molar-refractivity contribution in [1.29, 1.82) is 0 Å². The van der Waals surface area contributed by atoms with Crippen LogP contribution in [0.25, 0.3) is 0 Å². The number of fused-ring (bicyclic) bond motifs is 1. The third-order valence-corrected chi connectivity index (χ3v) is 4.75. The minimum Gasteiger partial charge on any atom is -0.325 e. The molecule has 1 amide bonds. The fourth-order valence-electron chi connectivity index (χ4n) is 2.09. The third kappa shape index (κ3) is 2.91. The Morgan fingerprint density at radius 1 is 1.40 bits per heavy atom. The SMILES string of the molecule is C/C=C/CCNS(=O)(=O)c1ccc2c(c1)C(C)C(=O)N2. The molecule has 1 unspecified atom stereocenters. The highest BCUT2D eigenvalue weighted by Gasteiger charge is 2.28. The number of hydrogen-bond acceptors (Lipinski definition) is 3. The quantitative estimate of drug-likeness (QED) is 0.644. The van der Waals surface area contributed by atoms with E-state index in [0.29, 0.717) is 18.7 Å². The number of carbonyl (C=O) groups excluding carboxylic acids is 1. The van der Waals surface area contributed by atoms with Crippen LogP contribution in [0.15, 0.2) is 35.2 Å². The van der Waals surface area contributed by atoms with Crippen molar-refractivity contribution in [2.24, 2.45) is 0 Å². The Labute approximate surface area is 119 Å². The Balaban J connectivity index is 2.20. The smallest absolute Gasteiger partial charge is 0.240 e. The fraction of sp³-hybridized carbons (Fsp3) is 0.357. The minimum atomic E-state index is -3.53. The summed E-state index contributed by atoms with van der Waals surface area (Å²) in [7, 11) is -3.53. The van der Waals surface area contributed by atoms with Gasteiger partial charge in [0.25, 0.3) is 0 Å². The molecule has 1 aromatic carbocycles. The largest absolute Gasteiger partial charge is 0.325 e. The average Bonchev–Trinajstić information content (AvgIpc) is 2.70. The molecule has 0 aliphatic carbocycles. The molecule has 1 aliphatic rings. The molecular formula is C14H18N2O3S. The summed E-state index contributed by atoms with van der Waals surface area (Å²) in [4.78, 5) is 11.7. The lowest BCUT2D eigenvalue weighted by Crippen LogP contribution is -2.24. The van der Waals surface area contributed by atoms with Crippen molar-refractivity contribution in [1.82, 2.24) is 4.72 Å². The number of hydrogen-bond donors (Lipinski definition) is 2. The number of benzene rings is 1. The first-order chi connectivity index (χ1) is 9.45. The van der Waals surface area contributed by atoms with Crippen LogP contribution >= 0.6 is 0 Å². The van der Waals surface area contributed by atoms with Gasteiger partial charge in [0.05, 0.1) is 10.8 Å². The Morgan fingerprint density at radius 3 is 2.85 bits per heavy atom. The van der Waals surface area contributed by atoms with Crippen molar-refractivity contribution in [3.63, 3.8) is 0 Å². The number of rotatable bonds is 5. The number of amides is 1. The molecule has 0 radical (unpaired) electrons. The second kappa shape index (κ2) is 5.76. The van der Waals surface area contributed by atoms with Gasteiger partial charge < -0.3 is 5.32 Å². The topological polar surface area (TPSA) is 75.3 Å². The predicted molar refractivity (Wildman–Crippen MR) is 78.1 cm³/mol. The molecule has 108 valence electrons. The highest BCUT2D eigenvalue weighted by Crippen LogP contribution is 2.33. The fourth-order valence-corrected chi connectivity index (χ4v) is 3.17. The molecule has 0 aromatic heterocycles. The molecule has 6 heteroatoms. The molecule has 0 spiro atoms. The van der Waals surface area contributed by atoms with Crippen molar-refractivity contribution in [3.05, 3.63) is 35.9 Å².